The van der Waals surface area contributed by atoms with Crippen LogP contribution in [-0.4, -0.2) is 33.2 Å². The first kappa shape index (κ1) is 22.9. The number of aryl methyl sites for hydroxylation is 2. The predicted molar refractivity (Wildman–Crippen MR) is 120 cm³/mol. The maximum absolute atomic E-state index is 12.6. The Morgan fingerprint density at radius 2 is 1.59 bits per heavy atom. The Morgan fingerprint density at radius 3 is 2.10 bits per heavy atom. The van der Waals surface area contributed by atoms with Gasteiger partial charge >= 0.3 is 0 Å². The second-order valence-electron chi connectivity index (χ2n) is 7.86. The van der Waals surface area contributed by atoms with Crippen molar-refractivity contribution in [1.29, 1.82) is 0 Å². The molecule has 158 valence electrons. The van der Waals surface area contributed by atoms with E-state index < -0.39 is 16.1 Å². The summed E-state index contributed by atoms with van der Waals surface area (Å²) in [4.78, 5) is 12.6. The molecule has 0 fully saturated rings. The van der Waals surface area contributed by atoms with Gasteiger partial charge in [-0.05, 0) is 55.9 Å². The molecule has 0 saturated carbocycles. The van der Waals surface area contributed by atoms with Gasteiger partial charge in [-0.15, -0.1) is 0 Å². The van der Waals surface area contributed by atoms with Crippen molar-refractivity contribution in [1.82, 2.24) is 5.32 Å². The second kappa shape index (κ2) is 9.92. The smallest absolute Gasteiger partial charge is 0.243 e. The SMILES string of the molecule is Cc1ccc(N([C@H](C)C(=O)NCCCc2ccc(C(C)C)cc2)S(C)(=O)=O)cc1. The van der Waals surface area contributed by atoms with Crippen molar-refractivity contribution in [2.24, 2.45) is 0 Å². The molecule has 0 heterocycles. The first-order valence-corrected chi connectivity index (χ1v) is 11.9. The molecule has 2 rings (SSSR count). The molecule has 1 atom stereocenters. The van der Waals surface area contributed by atoms with Crippen LogP contribution in [0.4, 0.5) is 5.69 Å². The molecule has 0 aliphatic rings. The molecule has 29 heavy (non-hydrogen) atoms. The summed E-state index contributed by atoms with van der Waals surface area (Å²) in [5.74, 6) is 0.210. The lowest BCUT2D eigenvalue weighted by atomic mass is 10.0. The van der Waals surface area contributed by atoms with Crippen molar-refractivity contribution in [2.75, 3.05) is 17.1 Å². The fraction of sp³-hybridized carbons (Fsp3) is 0.435. The van der Waals surface area contributed by atoms with Crippen LogP contribution in [0.2, 0.25) is 0 Å². The van der Waals surface area contributed by atoms with E-state index in [0.29, 0.717) is 18.2 Å². The van der Waals surface area contributed by atoms with E-state index in [9.17, 15) is 13.2 Å². The minimum atomic E-state index is -3.59. The third-order valence-electron chi connectivity index (χ3n) is 4.96. The fourth-order valence-corrected chi connectivity index (χ4v) is 4.40. The van der Waals surface area contributed by atoms with Crippen molar-refractivity contribution >= 4 is 21.6 Å². The Labute approximate surface area is 175 Å². The summed E-state index contributed by atoms with van der Waals surface area (Å²) in [5.41, 5.74) is 4.06. The number of carbonyl (C=O) groups excluding carboxylic acids is 1. The highest BCUT2D eigenvalue weighted by atomic mass is 32.2. The standard InChI is InChI=1S/C23H32N2O3S/c1-17(2)21-12-10-20(11-13-21)7-6-16-24-23(26)19(4)25(29(5,27)28)22-14-8-18(3)9-15-22/h8-15,17,19H,6-7,16H2,1-5H3,(H,24,26)/t19-/m1/s1. The zero-order chi connectivity index (χ0) is 21.6. The highest BCUT2D eigenvalue weighted by molar-refractivity contribution is 7.92. The molecule has 0 spiro atoms. The molecule has 5 nitrogen and oxygen atoms in total. The first-order chi connectivity index (χ1) is 13.6. The Hall–Kier alpha value is -2.34. The molecule has 1 amide bonds. The van der Waals surface area contributed by atoms with Crippen LogP contribution in [0.1, 0.15) is 49.8 Å². The van der Waals surface area contributed by atoms with Gasteiger partial charge in [-0.3, -0.25) is 9.10 Å². The fourth-order valence-electron chi connectivity index (χ4n) is 3.22. The summed E-state index contributed by atoms with van der Waals surface area (Å²) in [7, 11) is -3.59. The van der Waals surface area contributed by atoms with Gasteiger partial charge in [0.05, 0.1) is 11.9 Å². The van der Waals surface area contributed by atoms with Crippen LogP contribution < -0.4 is 9.62 Å². The lowest BCUT2D eigenvalue weighted by Crippen LogP contribution is -2.48. The molecular formula is C23H32N2O3S. The zero-order valence-electron chi connectivity index (χ0n) is 18.0. The lowest BCUT2D eigenvalue weighted by molar-refractivity contribution is -0.121. The Morgan fingerprint density at radius 1 is 1.00 bits per heavy atom. The molecule has 0 aliphatic heterocycles. The molecular weight excluding hydrogens is 384 g/mol. The summed E-state index contributed by atoms with van der Waals surface area (Å²) < 4.78 is 25.8. The van der Waals surface area contributed by atoms with E-state index in [1.54, 1.807) is 19.1 Å². The third-order valence-corrected chi connectivity index (χ3v) is 6.21. The average molecular weight is 417 g/mol. The summed E-state index contributed by atoms with van der Waals surface area (Å²) in [5, 5.41) is 2.87. The van der Waals surface area contributed by atoms with Crippen LogP contribution in [-0.2, 0) is 21.2 Å². The monoisotopic (exact) mass is 416 g/mol. The number of hydrogen-bond acceptors (Lipinski definition) is 3. The lowest BCUT2D eigenvalue weighted by Gasteiger charge is -2.28. The average Bonchev–Trinajstić information content (AvgIpc) is 2.66. The number of rotatable bonds is 9. The van der Waals surface area contributed by atoms with Crippen LogP contribution in [0, 0.1) is 6.92 Å². The van der Waals surface area contributed by atoms with Gasteiger partial charge in [0.1, 0.15) is 6.04 Å². The van der Waals surface area contributed by atoms with Crippen molar-refractivity contribution in [3.8, 4) is 0 Å². The Balaban J connectivity index is 1.93. The van der Waals surface area contributed by atoms with E-state index in [4.69, 9.17) is 0 Å². The van der Waals surface area contributed by atoms with Gasteiger partial charge in [0.25, 0.3) is 0 Å². The minimum absolute atomic E-state index is 0.300. The van der Waals surface area contributed by atoms with E-state index in [1.807, 2.05) is 19.1 Å². The summed E-state index contributed by atoms with van der Waals surface area (Å²) in [6.07, 6.45) is 2.78. The molecule has 0 radical (unpaired) electrons. The van der Waals surface area contributed by atoms with Gasteiger partial charge in [-0.25, -0.2) is 8.42 Å². The summed E-state index contributed by atoms with van der Waals surface area (Å²) in [6, 6.07) is 14.8. The number of benzene rings is 2. The molecule has 0 unspecified atom stereocenters. The van der Waals surface area contributed by atoms with Crippen molar-refractivity contribution in [2.45, 2.75) is 52.5 Å². The maximum atomic E-state index is 12.6. The molecule has 0 bridgehead atoms. The molecule has 6 heteroatoms. The molecule has 1 N–H and O–H groups in total. The molecule has 2 aromatic rings. The minimum Gasteiger partial charge on any atom is -0.354 e. The predicted octanol–water partition coefficient (Wildman–Crippen LogP) is 4.02. The van der Waals surface area contributed by atoms with Crippen molar-refractivity contribution in [3.63, 3.8) is 0 Å². The van der Waals surface area contributed by atoms with E-state index in [0.717, 1.165) is 24.7 Å². The van der Waals surface area contributed by atoms with E-state index in [2.05, 4.69) is 43.4 Å². The molecule has 2 aromatic carbocycles. The Bertz CT molecular complexity index is 904. The highest BCUT2D eigenvalue weighted by Crippen LogP contribution is 2.21. The summed E-state index contributed by atoms with van der Waals surface area (Å²) >= 11 is 0. The van der Waals surface area contributed by atoms with E-state index in [-0.39, 0.29) is 5.91 Å². The van der Waals surface area contributed by atoms with Gasteiger partial charge in [0.15, 0.2) is 0 Å². The Kier molecular flexibility index (Phi) is 7.85. The molecule has 0 aliphatic carbocycles. The maximum Gasteiger partial charge on any atom is 0.243 e. The molecule has 0 aromatic heterocycles. The van der Waals surface area contributed by atoms with Gasteiger partial charge in [0, 0.05) is 6.54 Å². The van der Waals surface area contributed by atoms with E-state index >= 15 is 0 Å². The molecule has 0 saturated heterocycles. The van der Waals surface area contributed by atoms with Crippen LogP contribution >= 0.6 is 0 Å². The zero-order valence-corrected chi connectivity index (χ0v) is 18.8. The topological polar surface area (TPSA) is 66.5 Å². The van der Waals surface area contributed by atoms with Crippen molar-refractivity contribution in [3.05, 3.63) is 65.2 Å². The van der Waals surface area contributed by atoms with Gasteiger partial charge < -0.3 is 5.32 Å². The number of nitrogens with one attached hydrogen (secondary N) is 1. The van der Waals surface area contributed by atoms with Crippen LogP contribution in [0.15, 0.2) is 48.5 Å². The third kappa shape index (κ3) is 6.60. The van der Waals surface area contributed by atoms with Gasteiger partial charge in [-0.1, -0.05) is 55.8 Å². The first-order valence-electron chi connectivity index (χ1n) is 10.0. The van der Waals surface area contributed by atoms with E-state index in [1.165, 1.54) is 15.4 Å². The van der Waals surface area contributed by atoms with Gasteiger partial charge in [0.2, 0.25) is 15.9 Å². The number of amides is 1. The number of carbonyl (C=O) groups is 1. The van der Waals surface area contributed by atoms with Crippen molar-refractivity contribution < 1.29 is 13.2 Å². The number of anilines is 1. The summed E-state index contributed by atoms with van der Waals surface area (Å²) in [6.45, 7) is 8.38. The van der Waals surface area contributed by atoms with Crippen LogP contribution in [0.5, 0.6) is 0 Å². The number of sulfonamides is 1. The van der Waals surface area contributed by atoms with Gasteiger partial charge in [-0.2, -0.15) is 0 Å². The number of nitrogens with zero attached hydrogens (tertiary/aromatic N) is 1. The van der Waals surface area contributed by atoms with Crippen LogP contribution in [0.25, 0.3) is 0 Å². The normalized spacial score (nSPS) is 12.6. The quantitative estimate of drug-likeness (QED) is 0.628. The number of hydrogen-bond donors (Lipinski definition) is 1. The second-order valence-corrected chi connectivity index (χ2v) is 9.72. The van der Waals surface area contributed by atoms with Crippen LogP contribution in [0.3, 0.4) is 0 Å². The largest absolute Gasteiger partial charge is 0.354 e. The highest BCUT2D eigenvalue weighted by Gasteiger charge is 2.28.